The number of aliphatic hydroxyl groups is 2. The SMILES string of the molecule is OC[C@H]1OC(n2cnc3nc(Br)nc-3c2)C[C@@H]1O. The van der Waals surface area contributed by atoms with Gasteiger partial charge >= 0.3 is 0 Å². The first-order chi connectivity index (χ1) is 8.67. The molecule has 3 heterocycles. The molecular formula is C10H11BrN4O3. The predicted octanol–water partition coefficient (Wildman–Crippen LogP) is 0.181. The molecule has 0 saturated carbocycles. The van der Waals surface area contributed by atoms with Crippen molar-refractivity contribution < 1.29 is 14.9 Å². The van der Waals surface area contributed by atoms with Crippen LogP contribution in [0.15, 0.2) is 17.3 Å². The molecule has 0 spiro atoms. The van der Waals surface area contributed by atoms with Crippen molar-refractivity contribution in [2.24, 2.45) is 0 Å². The van der Waals surface area contributed by atoms with Crippen LogP contribution in [0.25, 0.3) is 11.5 Å². The molecular weight excluding hydrogens is 304 g/mol. The molecule has 3 aliphatic rings. The summed E-state index contributed by atoms with van der Waals surface area (Å²) in [5, 5.41) is 18.7. The zero-order valence-electron chi connectivity index (χ0n) is 9.27. The molecule has 7 nitrogen and oxygen atoms in total. The Morgan fingerprint density at radius 3 is 3.06 bits per heavy atom. The minimum atomic E-state index is -0.666. The van der Waals surface area contributed by atoms with E-state index in [9.17, 15) is 5.11 Å². The fourth-order valence-electron chi connectivity index (χ4n) is 2.02. The summed E-state index contributed by atoms with van der Waals surface area (Å²) in [6.07, 6.45) is 2.21. The third-order valence-electron chi connectivity index (χ3n) is 2.94. The van der Waals surface area contributed by atoms with E-state index >= 15 is 0 Å². The number of nitrogens with zero attached hydrogens (tertiary/aromatic N) is 4. The van der Waals surface area contributed by atoms with Gasteiger partial charge in [0.15, 0.2) is 10.6 Å². The Hall–Kier alpha value is -1.09. The highest BCUT2D eigenvalue weighted by atomic mass is 79.9. The molecule has 0 aromatic heterocycles. The largest absolute Gasteiger partial charge is 0.394 e. The lowest BCUT2D eigenvalue weighted by molar-refractivity contribution is -0.0448. The Bertz CT molecular complexity index is 534. The third-order valence-corrected chi connectivity index (χ3v) is 3.30. The summed E-state index contributed by atoms with van der Waals surface area (Å²) in [7, 11) is 0. The number of fused-ring (bicyclic) bond motifs is 1. The van der Waals surface area contributed by atoms with Crippen molar-refractivity contribution in [3.63, 3.8) is 0 Å². The molecule has 0 aromatic carbocycles. The van der Waals surface area contributed by atoms with Crippen LogP contribution in [0.1, 0.15) is 12.6 Å². The van der Waals surface area contributed by atoms with Crippen molar-refractivity contribution in [2.75, 3.05) is 6.61 Å². The first-order valence-electron chi connectivity index (χ1n) is 5.48. The molecule has 0 aliphatic carbocycles. The smallest absolute Gasteiger partial charge is 0.199 e. The van der Waals surface area contributed by atoms with Gasteiger partial charge in [-0.1, -0.05) is 0 Å². The molecule has 1 unspecified atom stereocenters. The summed E-state index contributed by atoms with van der Waals surface area (Å²) in [5.41, 5.74) is 0.648. The van der Waals surface area contributed by atoms with Gasteiger partial charge in [0.1, 0.15) is 18.0 Å². The van der Waals surface area contributed by atoms with Crippen molar-refractivity contribution in [3.05, 3.63) is 17.3 Å². The van der Waals surface area contributed by atoms with Gasteiger partial charge in [0.05, 0.1) is 19.0 Å². The average molecular weight is 315 g/mol. The number of ether oxygens (including phenoxy) is 1. The molecule has 1 fully saturated rings. The second-order valence-corrected chi connectivity index (χ2v) is 4.85. The maximum Gasteiger partial charge on any atom is 0.199 e. The molecule has 3 atom stereocenters. The highest BCUT2D eigenvalue weighted by Gasteiger charge is 2.34. The van der Waals surface area contributed by atoms with E-state index in [0.29, 0.717) is 22.7 Å². The monoisotopic (exact) mass is 314 g/mol. The van der Waals surface area contributed by atoms with E-state index in [4.69, 9.17) is 9.84 Å². The molecule has 2 N–H and O–H groups in total. The molecule has 0 amide bonds. The lowest BCUT2D eigenvalue weighted by Crippen LogP contribution is -2.24. The van der Waals surface area contributed by atoms with Gasteiger partial charge in [-0.25, -0.2) is 15.0 Å². The van der Waals surface area contributed by atoms with Gasteiger partial charge in [-0.2, -0.15) is 0 Å². The summed E-state index contributed by atoms with van der Waals surface area (Å²) in [6, 6.07) is 0. The van der Waals surface area contributed by atoms with Crippen molar-refractivity contribution in [1.82, 2.24) is 19.5 Å². The van der Waals surface area contributed by atoms with Crippen LogP contribution in [0.3, 0.4) is 0 Å². The maximum atomic E-state index is 9.68. The Balaban J connectivity index is 1.89. The Morgan fingerprint density at radius 1 is 1.50 bits per heavy atom. The van der Waals surface area contributed by atoms with Gasteiger partial charge in [-0.3, -0.25) is 0 Å². The highest BCUT2D eigenvalue weighted by molar-refractivity contribution is 9.10. The Labute approximate surface area is 111 Å². The summed E-state index contributed by atoms with van der Waals surface area (Å²) in [6.45, 7) is -0.199. The van der Waals surface area contributed by atoms with Gasteiger partial charge in [-0.15, -0.1) is 0 Å². The molecule has 0 radical (unpaired) electrons. The lowest BCUT2D eigenvalue weighted by Gasteiger charge is -2.15. The van der Waals surface area contributed by atoms with Crippen LogP contribution in [0.5, 0.6) is 0 Å². The Morgan fingerprint density at radius 2 is 2.33 bits per heavy atom. The zero-order chi connectivity index (χ0) is 12.7. The highest BCUT2D eigenvalue weighted by Crippen LogP contribution is 2.29. The number of aliphatic hydroxyl groups excluding tert-OH is 2. The van der Waals surface area contributed by atoms with Crippen molar-refractivity contribution >= 4 is 15.9 Å². The number of imidazole rings is 1. The lowest BCUT2D eigenvalue weighted by atomic mass is 10.2. The van der Waals surface area contributed by atoms with Gasteiger partial charge in [0.25, 0.3) is 0 Å². The maximum absolute atomic E-state index is 9.68. The fraction of sp³-hybridized carbons (Fsp3) is 0.500. The zero-order valence-corrected chi connectivity index (χ0v) is 10.9. The molecule has 8 heteroatoms. The number of halogens is 1. The molecule has 0 aromatic rings. The van der Waals surface area contributed by atoms with Gasteiger partial charge in [0.2, 0.25) is 0 Å². The minimum absolute atomic E-state index is 0.199. The van der Waals surface area contributed by atoms with E-state index in [1.165, 1.54) is 0 Å². The van der Waals surface area contributed by atoms with Crippen LogP contribution in [0.4, 0.5) is 0 Å². The van der Waals surface area contributed by atoms with Crippen LogP contribution in [-0.4, -0.2) is 48.5 Å². The molecule has 1 saturated heterocycles. The van der Waals surface area contributed by atoms with E-state index in [-0.39, 0.29) is 12.8 Å². The second kappa shape index (κ2) is 4.54. The summed E-state index contributed by atoms with van der Waals surface area (Å²) in [5.74, 6) is 0.551. The fourth-order valence-corrected chi connectivity index (χ4v) is 2.38. The number of hydrogen-bond acceptors (Lipinski definition) is 6. The van der Waals surface area contributed by atoms with Gasteiger partial charge < -0.3 is 19.5 Å². The molecule has 3 rings (SSSR count). The van der Waals surface area contributed by atoms with E-state index in [0.717, 1.165) is 0 Å². The topological polar surface area (TPSA) is 93.3 Å². The summed E-state index contributed by atoms with van der Waals surface area (Å²) in [4.78, 5) is 12.4. The standard InChI is InChI=1S/C10H11BrN4O3/c11-10-13-5-2-15(4-12-9(5)14-10)8-1-6(17)7(3-16)18-8/h2,4,6-8,16-17H,1,3H2/t6-,7+,8?/m0/s1. The van der Waals surface area contributed by atoms with E-state index in [2.05, 4.69) is 30.9 Å². The first kappa shape index (κ1) is 12.0. The van der Waals surface area contributed by atoms with E-state index < -0.39 is 12.2 Å². The number of rotatable bonds is 2. The van der Waals surface area contributed by atoms with Gasteiger partial charge in [-0.05, 0) is 15.9 Å². The second-order valence-electron chi connectivity index (χ2n) is 4.14. The van der Waals surface area contributed by atoms with Crippen LogP contribution < -0.4 is 0 Å². The van der Waals surface area contributed by atoms with Crippen LogP contribution in [0, 0.1) is 0 Å². The number of hydrogen-bond donors (Lipinski definition) is 2. The minimum Gasteiger partial charge on any atom is -0.394 e. The van der Waals surface area contributed by atoms with Gasteiger partial charge in [0, 0.05) is 12.6 Å². The van der Waals surface area contributed by atoms with E-state index in [1.807, 2.05) is 0 Å². The van der Waals surface area contributed by atoms with Crippen LogP contribution >= 0.6 is 15.9 Å². The molecule has 18 heavy (non-hydrogen) atoms. The van der Waals surface area contributed by atoms with Crippen molar-refractivity contribution in [1.29, 1.82) is 0 Å². The summed E-state index contributed by atoms with van der Waals surface area (Å²) >= 11 is 3.19. The molecule has 96 valence electrons. The van der Waals surface area contributed by atoms with E-state index in [1.54, 1.807) is 17.1 Å². The quantitative estimate of drug-likeness (QED) is 0.768. The predicted molar refractivity (Wildman–Crippen MR) is 63.8 cm³/mol. The first-order valence-corrected chi connectivity index (χ1v) is 6.28. The number of aromatic nitrogens is 4. The normalized spacial score (nSPS) is 28.1. The third kappa shape index (κ3) is 2.01. The van der Waals surface area contributed by atoms with Crippen molar-refractivity contribution in [3.8, 4) is 11.5 Å². The Kier molecular flexibility index (Phi) is 3.02. The van der Waals surface area contributed by atoms with Crippen LogP contribution in [-0.2, 0) is 4.74 Å². The van der Waals surface area contributed by atoms with Crippen LogP contribution in [0.2, 0.25) is 0 Å². The molecule has 0 bridgehead atoms. The summed E-state index contributed by atoms with van der Waals surface area (Å²) < 4.78 is 7.74. The average Bonchev–Trinajstić information content (AvgIpc) is 2.89. The molecule has 3 aliphatic heterocycles. The van der Waals surface area contributed by atoms with Crippen molar-refractivity contribution in [2.45, 2.75) is 24.9 Å².